The number of hydrogen-bond donors (Lipinski definition) is 1. The lowest BCUT2D eigenvalue weighted by Crippen LogP contribution is -2.15. The molecule has 0 aromatic heterocycles. The van der Waals surface area contributed by atoms with Crippen molar-refractivity contribution in [3.05, 3.63) is 22.7 Å². The number of nitrogens with one attached hydrogen (secondary N) is 1. The van der Waals surface area contributed by atoms with Crippen LogP contribution in [0.15, 0.2) is 12.1 Å². The molecular weight excluding hydrogens is 250 g/mol. The Morgan fingerprint density at radius 1 is 1.44 bits per heavy atom. The fourth-order valence-corrected chi connectivity index (χ4v) is 2.22. The SMILES string of the molecule is CCS(=O)(=O)Nc1cc(Cl)cc(C)c1OC. The summed E-state index contributed by atoms with van der Waals surface area (Å²) in [6.45, 7) is 3.36. The van der Waals surface area contributed by atoms with Gasteiger partial charge < -0.3 is 4.74 Å². The van der Waals surface area contributed by atoms with Gasteiger partial charge in [0, 0.05) is 5.02 Å². The molecule has 0 heterocycles. The molecular formula is C10H14ClNO3S. The van der Waals surface area contributed by atoms with Gasteiger partial charge in [0.25, 0.3) is 0 Å². The van der Waals surface area contributed by atoms with E-state index < -0.39 is 10.0 Å². The first kappa shape index (κ1) is 13.1. The lowest BCUT2D eigenvalue weighted by Gasteiger charge is -2.13. The molecule has 0 radical (unpaired) electrons. The predicted molar refractivity (Wildman–Crippen MR) is 65.8 cm³/mol. The van der Waals surface area contributed by atoms with E-state index in [4.69, 9.17) is 16.3 Å². The Bertz CT molecular complexity index is 485. The maximum atomic E-state index is 11.4. The van der Waals surface area contributed by atoms with Gasteiger partial charge in [0.05, 0.1) is 18.6 Å². The third-order valence-electron chi connectivity index (χ3n) is 2.09. The van der Waals surface area contributed by atoms with E-state index in [0.717, 1.165) is 5.56 Å². The van der Waals surface area contributed by atoms with E-state index >= 15 is 0 Å². The van der Waals surface area contributed by atoms with E-state index in [1.165, 1.54) is 13.2 Å². The molecule has 0 unspecified atom stereocenters. The van der Waals surface area contributed by atoms with Crippen LogP contribution in [0.3, 0.4) is 0 Å². The third kappa shape index (κ3) is 3.02. The zero-order chi connectivity index (χ0) is 12.3. The first-order valence-electron chi connectivity index (χ1n) is 4.74. The molecule has 0 aliphatic carbocycles. The monoisotopic (exact) mass is 263 g/mol. The minimum atomic E-state index is -3.33. The Hall–Kier alpha value is -0.940. The molecule has 1 aromatic carbocycles. The number of methoxy groups -OCH3 is 1. The Morgan fingerprint density at radius 2 is 2.06 bits per heavy atom. The second-order valence-corrected chi connectivity index (χ2v) is 5.76. The Morgan fingerprint density at radius 3 is 2.56 bits per heavy atom. The van der Waals surface area contributed by atoms with Crippen molar-refractivity contribution in [3.8, 4) is 5.75 Å². The number of anilines is 1. The minimum Gasteiger partial charge on any atom is -0.494 e. The van der Waals surface area contributed by atoms with Crippen LogP contribution in [0.5, 0.6) is 5.75 Å². The van der Waals surface area contributed by atoms with E-state index in [2.05, 4.69) is 4.72 Å². The van der Waals surface area contributed by atoms with Crippen LogP contribution < -0.4 is 9.46 Å². The van der Waals surface area contributed by atoms with Crippen molar-refractivity contribution in [2.45, 2.75) is 13.8 Å². The fraction of sp³-hybridized carbons (Fsp3) is 0.400. The van der Waals surface area contributed by atoms with Crippen molar-refractivity contribution >= 4 is 27.3 Å². The predicted octanol–water partition coefficient (Wildman–Crippen LogP) is 2.42. The molecule has 0 saturated heterocycles. The lowest BCUT2D eigenvalue weighted by atomic mass is 10.2. The van der Waals surface area contributed by atoms with Gasteiger partial charge in [-0.25, -0.2) is 8.42 Å². The van der Waals surface area contributed by atoms with Crippen LogP contribution in [0.25, 0.3) is 0 Å². The summed E-state index contributed by atoms with van der Waals surface area (Å²) in [5.41, 5.74) is 1.15. The number of ether oxygens (including phenoxy) is 1. The maximum absolute atomic E-state index is 11.4. The van der Waals surface area contributed by atoms with Crippen LogP contribution in [-0.4, -0.2) is 21.3 Å². The van der Waals surface area contributed by atoms with E-state index in [0.29, 0.717) is 16.5 Å². The van der Waals surface area contributed by atoms with Gasteiger partial charge in [-0.1, -0.05) is 11.6 Å². The fourth-order valence-electron chi connectivity index (χ4n) is 1.32. The lowest BCUT2D eigenvalue weighted by molar-refractivity contribution is 0.414. The average Bonchev–Trinajstić information content (AvgIpc) is 2.16. The number of hydrogen-bond acceptors (Lipinski definition) is 3. The Labute approximate surface area is 101 Å². The summed E-state index contributed by atoms with van der Waals surface area (Å²) in [6.07, 6.45) is 0. The number of halogens is 1. The zero-order valence-corrected chi connectivity index (χ0v) is 10.9. The topological polar surface area (TPSA) is 55.4 Å². The maximum Gasteiger partial charge on any atom is 0.232 e. The van der Waals surface area contributed by atoms with Crippen molar-refractivity contribution in [1.82, 2.24) is 0 Å². The van der Waals surface area contributed by atoms with Gasteiger partial charge >= 0.3 is 0 Å². The van der Waals surface area contributed by atoms with Crippen molar-refractivity contribution in [2.75, 3.05) is 17.6 Å². The van der Waals surface area contributed by atoms with Crippen molar-refractivity contribution < 1.29 is 13.2 Å². The highest BCUT2D eigenvalue weighted by atomic mass is 35.5. The molecule has 0 amide bonds. The largest absolute Gasteiger partial charge is 0.494 e. The number of aryl methyl sites for hydroxylation is 1. The highest BCUT2D eigenvalue weighted by Gasteiger charge is 2.13. The molecule has 6 heteroatoms. The standard InChI is InChI=1S/C10H14ClNO3S/c1-4-16(13,14)12-9-6-8(11)5-7(2)10(9)15-3/h5-6,12H,4H2,1-3H3. The molecule has 4 nitrogen and oxygen atoms in total. The van der Waals surface area contributed by atoms with Crippen LogP contribution in [0.1, 0.15) is 12.5 Å². The van der Waals surface area contributed by atoms with Crippen LogP contribution in [0, 0.1) is 6.92 Å². The minimum absolute atomic E-state index is 0.00170. The molecule has 16 heavy (non-hydrogen) atoms. The molecule has 0 bridgehead atoms. The number of rotatable bonds is 4. The summed E-state index contributed by atoms with van der Waals surface area (Å²) >= 11 is 5.86. The highest BCUT2D eigenvalue weighted by Crippen LogP contribution is 2.32. The molecule has 0 fully saturated rings. The van der Waals surface area contributed by atoms with Crippen LogP contribution in [0.4, 0.5) is 5.69 Å². The molecule has 0 aliphatic rings. The van der Waals surface area contributed by atoms with Gasteiger partial charge in [-0.2, -0.15) is 0 Å². The second kappa shape index (κ2) is 4.93. The Kier molecular flexibility index (Phi) is 4.04. The van der Waals surface area contributed by atoms with Crippen LogP contribution >= 0.6 is 11.6 Å². The molecule has 0 saturated carbocycles. The van der Waals surface area contributed by atoms with E-state index in [9.17, 15) is 8.42 Å². The average molecular weight is 264 g/mol. The first-order chi connectivity index (χ1) is 7.39. The van der Waals surface area contributed by atoms with Gasteiger partial charge in [0.1, 0.15) is 5.75 Å². The first-order valence-corrected chi connectivity index (χ1v) is 6.77. The van der Waals surface area contributed by atoms with Crippen molar-refractivity contribution in [2.24, 2.45) is 0 Å². The second-order valence-electron chi connectivity index (χ2n) is 3.31. The van der Waals surface area contributed by atoms with Crippen molar-refractivity contribution in [1.29, 1.82) is 0 Å². The third-order valence-corrected chi connectivity index (χ3v) is 3.60. The van der Waals surface area contributed by atoms with E-state index in [1.807, 2.05) is 0 Å². The molecule has 1 rings (SSSR count). The summed E-state index contributed by atoms with van der Waals surface area (Å²) in [6, 6.07) is 3.24. The molecule has 90 valence electrons. The highest BCUT2D eigenvalue weighted by molar-refractivity contribution is 7.92. The van der Waals surface area contributed by atoms with Gasteiger partial charge in [-0.3, -0.25) is 4.72 Å². The zero-order valence-electron chi connectivity index (χ0n) is 9.37. The summed E-state index contributed by atoms with van der Waals surface area (Å²) in [7, 11) is -1.84. The van der Waals surface area contributed by atoms with Gasteiger partial charge in [0.15, 0.2) is 0 Å². The van der Waals surface area contributed by atoms with Crippen LogP contribution in [0.2, 0.25) is 5.02 Å². The number of sulfonamides is 1. The molecule has 1 aromatic rings. The molecule has 0 aliphatic heterocycles. The van der Waals surface area contributed by atoms with Gasteiger partial charge in [-0.05, 0) is 31.5 Å². The van der Waals surface area contributed by atoms with E-state index in [-0.39, 0.29) is 5.75 Å². The van der Waals surface area contributed by atoms with Crippen LogP contribution in [-0.2, 0) is 10.0 Å². The summed E-state index contributed by atoms with van der Waals surface area (Å²) < 4.78 is 30.5. The Balaban J connectivity index is 3.22. The molecule has 1 N–H and O–H groups in total. The molecule has 0 atom stereocenters. The number of benzene rings is 1. The van der Waals surface area contributed by atoms with Crippen molar-refractivity contribution in [3.63, 3.8) is 0 Å². The van der Waals surface area contributed by atoms with Gasteiger partial charge in [0.2, 0.25) is 10.0 Å². The normalized spacial score (nSPS) is 11.2. The quantitative estimate of drug-likeness (QED) is 0.908. The molecule has 0 spiro atoms. The van der Waals surface area contributed by atoms with E-state index in [1.54, 1.807) is 19.9 Å². The summed E-state index contributed by atoms with van der Waals surface area (Å²) in [5.74, 6) is 0.489. The summed E-state index contributed by atoms with van der Waals surface area (Å²) in [5, 5.41) is 0.465. The van der Waals surface area contributed by atoms with Gasteiger partial charge in [-0.15, -0.1) is 0 Å². The summed E-state index contributed by atoms with van der Waals surface area (Å²) in [4.78, 5) is 0. The smallest absolute Gasteiger partial charge is 0.232 e.